The van der Waals surface area contributed by atoms with Crippen LogP contribution in [0.3, 0.4) is 0 Å². The third-order valence-corrected chi connectivity index (χ3v) is 6.34. The Morgan fingerprint density at radius 2 is 1.93 bits per heavy atom. The normalized spacial score (nSPS) is 16.8. The number of piperidine rings is 1. The largest absolute Gasteiger partial charge is 0.454 e. The third-order valence-electron chi connectivity index (χ3n) is 5.60. The highest BCUT2D eigenvalue weighted by molar-refractivity contribution is 9.10. The van der Waals surface area contributed by atoms with Crippen LogP contribution in [-0.2, 0) is 17.9 Å². The van der Waals surface area contributed by atoms with Crippen LogP contribution in [0.15, 0.2) is 34.8 Å². The Hall–Kier alpha value is -2.12. The van der Waals surface area contributed by atoms with Gasteiger partial charge < -0.3 is 14.8 Å². The van der Waals surface area contributed by atoms with Crippen LogP contribution in [0.2, 0.25) is 0 Å². The van der Waals surface area contributed by atoms with E-state index in [-0.39, 0.29) is 24.4 Å². The zero-order valence-corrected chi connectivity index (χ0v) is 17.9. The van der Waals surface area contributed by atoms with Crippen LogP contribution in [0.1, 0.15) is 29.5 Å². The maximum atomic E-state index is 13.6. The number of hydrogen-bond acceptors (Lipinski definition) is 4. The molecule has 1 amide bonds. The van der Waals surface area contributed by atoms with Crippen molar-refractivity contribution in [3.05, 3.63) is 57.3 Å². The summed E-state index contributed by atoms with van der Waals surface area (Å²) in [5.74, 6) is 1.37. The number of likely N-dealkylation sites (tertiary alicyclic amines) is 1. The van der Waals surface area contributed by atoms with Crippen LogP contribution in [0.5, 0.6) is 11.5 Å². The predicted octanol–water partition coefficient (Wildman–Crippen LogP) is 4.15. The summed E-state index contributed by atoms with van der Waals surface area (Å²) in [6.45, 7) is 4.87. The highest BCUT2D eigenvalue weighted by atomic mass is 79.9. The van der Waals surface area contributed by atoms with Gasteiger partial charge >= 0.3 is 0 Å². The lowest BCUT2D eigenvalue weighted by molar-refractivity contribution is -0.126. The summed E-state index contributed by atoms with van der Waals surface area (Å²) in [6.07, 6.45) is 1.63. The Labute approximate surface area is 178 Å². The summed E-state index contributed by atoms with van der Waals surface area (Å²) in [5.41, 5.74) is 2.55. The van der Waals surface area contributed by atoms with Gasteiger partial charge in [0.25, 0.3) is 0 Å². The van der Waals surface area contributed by atoms with Gasteiger partial charge in [-0.25, -0.2) is 4.39 Å². The Morgan fingerprint density at radius 1 is 1.21 bits per heavy atom. The van der Waals surface area contributed by atoms with E-state index in [1.54, 1.807) is 13.0 Å². The van der Waals surface area contributed by atoms with Gasteiger partial charge in [0.05, 0.1) is 0 Å². The molecule has 1 fully saturated rings. The minimum atomic E-state index is -0.236. The number of nitrogens with zero attached hydrogens (tertiary/aromatic N) is 1. The van der Waals surface area contributed by atoms with Crippen LogP contribution in [0, 0.1) is 18.7 Å². The second-order valence-corrected chi connectivity index (χ2v) is 8.50. The second-order valence-electron chi connectivity index (χ2n) is 7.65. The second kappa shape index (κ2) is 8.71. The molecule has 0 bridgehead atoms. The number of amides is 1. The first-order chi connectivity index (χ1) is 14.0. The lowest BCUT2D eigenvalue weighted by Crippen LogP contribution is -2.40. The molecule has 0 unspecified atom stereocenters. The number of ether oxygens (including phenoxy) is 2. The highest BCUT2D eigenvalue weighted by Crippen LogP contribution is 2.37. The van der Waals surface area contributed by atoms with Crippen molar-refractivity contribution in [3.63, 3.8) is 0 Å². The van der Waals surface area contributed by atoms with Crippen LogP contribution >= 0.6 is 15.9 Å². The molecule has 1 saturated heterocycles. The van der Waals surface area contributed by atoms with E-state index in [1.807, 2.05) is 18.2 Å². The molecule has 0 atom stereocenters. The first kappa shape index (κ1) is 20.2. The van der Waals surface area contributed by atoms with Crippen molar-refractivity contribution in [1.82, 2.24) is 10.2 Å². The summed E-state index contributed by atoms with van der Waals surface area (Å²) in [5, 5.41) is 2.96. The maximum Gasteiger partial charge on any atom is 0.231 e. The minimum absolute atomic E-state index is 0.00161. The minimum Gasteiger partial charge on any atom is -0.454 e. The fourth-order valence-electron chi connectivity index (χ4n) is 3.75. The number of rotatable bonds is 5. The van der Waals surface area contributed by atoms with Crippen LogP contribution in [0.25, 0.3) is 0 Å². The Balaban J connectivity index is 1.27. The molecular formula is C22H24BrFN2O3. The first-order valence-electron chi connectivity index (χ1n) is 9.82. The predicted molar refractivity (Wildman–Crippen MR) is 111 cm³/mol. The number of fused-ring (bicyclic) bond motifs is 1. The summed E-state index contributed by atoms with van der Waals surface area (Å²) < 4.78 is 25.5. The van der Waals surface area contributed by atoms with Gasteiger partial charge in [-0.3, -0.25) is 9.69 Å². The van der Waals surface area contributed by atoms with E-state index in [2.05, 4.69) is 26.1 Å². The molecule has 2 aliphatic rings. The van der Waals surface area contributed by atoms with Crippen molar-refractivity contribution in [2.45, 2.75) is 32.9 Å². The van der Waals surface area contributed by atoms with Gasteiger partial charge in [0.2, 0.25) is 12.7 Å². The number of hydrogen-bond donors (Lipinski definition) is 1. The number of aryl methyl sites for hydroxylation is 1. The van der Waals surface area contributed by atoms with Gasteiger partial charge in [-0.1, -0.05) is 28.1 Å². The van der Waals surface area contributed by atoms with Gasteiger partial charge in [-0.15, -0.1) is 0 Å². The molecule has 2 heterocycles. The molecule has 5 nitrogen and oxygen atoms in total. The Bertz CT molecular complexity index is 913. The molecule has 2 aromatic rings. The lowest BCUT2D eigenvalue weighted by atomic mass is 9.95. The fourth-order valence-corrected chi connectivity index (χ4v) is 4.20. The monoisotopic (exact) mass is 462 g/mol. The highest BCUT2D eigenvalue weighted by Gasteiger charge is 2.26. The topological polar surface area (TPSA) is 50.8 Å². The molecule has 1 N–H and O–H groups in total. The standard InChI is InChI=1S/C22H24BrFN2O3/c1-14-2-3-15(8-19(14)24)11-25-22(27)16-4-6-26(7-5-16)12-17-9-20-21(10-18(17)23)29-13-28-20/h2-3,8-10,16H,4-7,11-13H2,1H3,(H,25,27). The van der Waals surface area contributed by atoms with E-state index >= 15 is 0 Å². The molecule has 0 saturated carbocycles. The van der Waals surface area contributed by atoms with E-state index in [9.17, 15) is 9.18 Å². The zero-order chi connectivity index (χ0) is 20.4. The molecular weight excluding hydrogens is 439 g/mol. The molecule has 154 valence electrons. The number of carbonyl (C=O) groups excluding carboxylic acids is 1. The van der Waals surface area contributed by atoms with Gasteiger partial charge in [0.15, 0.2) is 11.5 Å². The Kier molecular flexibility index (Phi) is 6.06. The number of carbonyl (C=O) groups is 1. The van der Waals surface area contributed by atoms with E-state index in [0.29, 0.717) is 12.1 Å². The zero-order valence-electron chi connectivity index (χ0n) is 16.3. The molecule has 4 rings (SSSR count). The average Bonchev–Trinajstić information content (AvgIpc) is 3.16. The molecule has 0 radical (unpaired) electrons. The van der Waals surface area contributed by atoms with Crippen molar-refractivity contribution < 1.29 is 18.7 Å². The summed E-state index contributed by atoms with van der Waals surface area (Å²) in [7, 11) is 0. The summed E-state index contributed by atoms with van der Waals surface area (Å²) in [4.78, 5) is 14.9. The number of halogens is 2. The molecule has 2 aromatic carbocycles. The number of nitrogens with one attached hydrogen (secondary N) is 1. The van der Waals surface area contributed by atoms with Crippen LogP contribution in [-0.4, -0.2) is 30.7 Å². The van der Waals surface area contributed by atoms with E-state index < -0.39 is 0 Å². The van der Waals surface area contributed by atoms with E-state index in [4.69, 9.17) is 9.47 Å². The number of benzene rings is 2. The maximum absolute atomic E-state index is 13.6. The van der Waals surface area contributed by atoms with Crippen LogP contribution in [0.4, 0.5) is 4.39 Å². The van der Waals surface area contributed by atoms with Gasteiger partial charge in [-0.05, 0) is 67.7 Å². The molecule has 7 heteroatoms. The summed E-state index contributed by atoms with van der Waals surface area (Å²) >= 11 is 3.61. The fraction of sp³-hybridized carbons (Fsp3) is 0.409. The van der Waals surface area contributed by atoms with Crippen molar-refractivity contribution in [2.75, 3.05) is 19.9 Å². The molecule has 0 spiro atoms. The summed E-state index contributed by atoms with van der Waals surface area (Å²) in [6, 6.07) is 9.05. The van der Waals surface area contributed by atoms with Gasteiger partial charge in [-0.2, -0.15) is 0 Å². The SMILES string of the molecule is Cc1ccc(CNC(=O)C2CCN(Cc3cc4c(cc3Br)OCO4)CC2)cc1F. The Morgan fingerprint density at radius 3 is 2.66 bits per heavy atom. The average molecular weight is 463 g/mol. The molecule has 0 aliphatic carbocycles. The van der Waals surface area contributed by atoms with Crippen molar-refractivity contribution in [2.24, 2.45) is 5.92 Å². The van der Waals surface area contributed by atoms with Crippen molar-refractivity contribution in [3.8, 4) is 11.5 Å². The van der Waals surface area contributed by atoms with Crippen molar-refractivity contribution in [1.29, 1.82) is 0 Å². The first-order valence-corrected chi connectivity index (χ1v) is 10.6. The smallest absolute Gasteiger partial charge is 0.231 e. The third kappa shape index (κ3) is 4.73. The lowest BCUT2D eigenvalue weighted by Gasteiger charge is -2.31. The van der Waals surface area contributed by atoms with Gasteiger partial charge in [0, 0.05) is 23.5 Å². The molecule has 0 aromatic heterocycles. The quantitative estimate of drug-likeness (QED) is 0.724. The van der Waals surface area contributed by atoms with Crippen LogP contribution < -0.4 is 14.8 Å². The molecule has 2 aliphatic heterocycles. The molecule has 29 heavy (non-hydrogen) atoms. The van der Waals surface area contributed by atoms with E-state index in [1.165, 1.54) is 6.07 Å². The van der Waals surface area contributed by atoms with Crippen molar-refractivity contribution >= 4 is 21.8 Å². The van der Waals surface area contributed by atoms with Gasteiger partial charge in [0.1, 0.15) is 5.82 Å². The van der Waals surface area contributed by atoms with E-state index in [0.717, 1.165) is 59.6 Å².